The third kappa shape index (κ3) is 4.72. The highest BCUT2D eigenvalue weighted by Crippen LogP contribution is 2.21. The van der Waals surface area contributed by atoms with Gasteiger partial charge in [-0.25, -0.2) is 0 Å². The lowest BCUT2D eigenvalue weighted by Crippen LogP contribution is -2.52. The highest BCUT2D eigenvalue weighted by Gasteiger charge is 2.31. The first kappa shape index (κ1) is 17.4. The highest BCUT2D eigenvalue weighted by molar-refractivity contribution is 5.81. The lowest BCUT2D eigenvalue weighted by molar-refractivity contribution is -0.141. The molecule has 0 bridgehead atoms. The van der Waals surface area contributed by atoms with Crippen LogP contribution < -0.4 is 5.32 Å². The Labute approximate surface area is 123 Å². The average molecular weight is 286 g/mol. The van der Waals surface area contributed by atoms with Crippen LogP contribution in [-0.4, -0.2) is 56.5 Å². The van der Waals surface area contributed by atoms with Gasteiger partial charge in [0.2, 0.25) is 5.91 Å². The van der Waals surface area contributed by atoms with Gasteiger partial charge in [-0.2, -0.15) is 0 Å². The predicted octanol–water partition coefficient (Wildman–Crippen LogP) is 1.62. The van der Waals surface area contributed by atoms with E-state index in [0.717, 1.165) is 25.9 Å². The number of rotatable bonds is 5. The van der Waals surface area contributed by atoms with E-state index in [-0.39, 0.29) is 23.7 Å². The molecule has 20 heavy (non-hydrogen) atoms. The molecule has 0 spiro atoms. The molecule has 0 aromatic heterocycles. The minimum absolute atomic E-state index is 0.139. The second kappa shape index (κ2) is 7.38. The topological polar surface area (TPSA) is 50.8 Å². The van der Waals surface area contributed by atoms with E-state index in [1.54, 1.807) is 14.2 Å². The summed E-state index contributed by atoms with van der Waals surface area (Å²) in [4.78, 5) is 14.2. The van der Waals surface area contributed by atoms with Crippen LogP contribution in [0.1, 0.15) is 40.5 Å². The zero-order valence-corrected chi connectivity index (χ0v) is 13.7. The van der Waals surface area contributed by atoms with Gasteiger partial charge in [-0.15, -0.1) is 0 Å². The number of likely N-dealkylation sites (tertiary alicyclic amines) is 1. The lowest BCUT2D eigenvalue weighted by atomic mass is 9.93. The van der Waals surface area contributed by atoms with Crippen molar-refractivity contribution in [1.82, 2.24) is 10.2 Å². The molecule has 5 nitrogen and oxygen atoms in total. The third-order valence-corrected chi connectivity index (χ3v) is 3.80. The average Bonchev–Trinajstić information content (AvgIpc) is 2.39. The maximum atomic E-state index is 12.2. The van der Waals surface area contributed by atoms with Gasteiger partial charge >= 0.3 is 0 Å². The zero-order valence-electron chi connectivity index (χ0n) is 13.7. The van der Waals surface area contributed by atoms with Gasteiger partial charge in [0, 0.05) is 38.8 Å². The van der Waals surface area contributed by atoms with Gasteiger partial charge in [0.05, 0.1) is 6.04 Å². The lowest BCUT2D eigenvalue weighted by Gasteiger charge is -2.37. The zero-order chi connectivity index (χ0) is 15.3. The third-order valence-electron chi connectivity index (χ3n) is 3.80. The first-order chi connectivity index (χ1) is 9.29. The van der Waals surface area contributed by atoms with Gasteiger partial charge in [0.1, 0.15) is 0 Å². The monoisotopic (exact) mass is 286 g/mol. The van der Waals surface area contributed by atoms with Crippen LogP contribution in [0.25, 0.3) is 0 Å². The summed E-state index contributed by atoms with van der Waals surface area (Å²) in [5.41, 5.74) is -0.287. The smallest absolute Gasteiger partial charge is 0.227 e. The van der Waals surface area contributed by atoms with Gasteiger partial charge < -0.3 is 19.7 Å². The van der Waals surface area contributed by atoms with Gasteiger partial charge in [-0.1, -0.05) is 20.8 Å². The number of nitrogens with zero attached hydrogens (tertiary/aromatic N) is 1. The number of carbonyl (C=O) groups excluding carboxylic acids is 1. The molecule has 0 aromatic carbocycles. The number of piperidine rings is 1. The number of hydrogen-bond acceptors (Lipinski definition) is 4. The Kier molecular flexibility index (Phi) is 6.43. The van der Waals surface area contributed by atoms with Crippen molar-refractivity contribution in [2.24, 2.45) is 5.41 Å². The van der Waals surface area contributed by atoms with Crippen LogP contribution in [0.2, 0.25) is 0 Å². The summed E-state index contributed by atoms with van der Waals surface area (Å²) in [6.07, 6.45) is 1.72. The Balaban J connectivity index is 2.41. The van der Waals surface area contributed by atoms with E-state index in [1.807, 2.05) is 25.7 Å². The standard InChI is InChI=1S/C15H30N2O3/c1-11(13(19-5)20-6)16-12-7-9-17(10-8-12)14(18)15(2,3)4/h11-13,16H,7-10H2,1-6H3. The second-order valence-electron chi connectivity index (χ2n) is 6.61. The van der Waals surface area contributed by atoms with Crippen molar-refractivity contribution >= 4 is 5.91 Å². The van der Waals surface area contributed by atoms with Crippen LogP contribution >= 0.6 is 0 Å². The summed E-state index contributed by atoms with van der Waals surface area (Å²) in [5, 5.41) is 3.53. The van der Waals surface area contributed by atoms with E-state index in [4.69, 9.17) is 9.47 Å². The molecular formula is C15H30N2O3. The van der Waals surface area contributed by atoms with Crippen molar-refractivity contribution in [1.29, 1.82) is 0 Å². The quantitative estimate of drug-likeness (QED) is 0.780. The molecule has 0 saturated carbocycles. The molecule has 0 radical (unpaired) electrons. The fourth-order valence-electron chi connectivity index (χ4n) is 2.68. The van der Waals surface area contributed by atoms with Crippen molar-refractivity contribution in [2.75, 3.05) is 27.3 Å². The molecule has 1 amide bonds. The van der Waals surface area contributed by atoms with E-state index in [0.29, 0.717) is 6.04 Å². The Morgan fingerprint density at radius 2 is 1.70 bits per heavy atom. The molecule has 118 valence electrons. The van der Waals surface area contributed by atoms with Gasteiger partial charge in [0.15, 0.2) is 6.29 Å². The number of nitrogens with one attached hydrogen (secondary N) is 1. The summed E-state index contributed by atoms with van der Waals surface area (Å²) >= 11 is 0. The van der Waals surface area contributed by atoms with Crippen LogP contribution in [0, 0.1) is 5.41 Å². The molecule has 1 N–H and O–H groups in total. The molecule has 1 atom stereocenters. The number of amides is 1. The Hall–Kier alpha value is -0.650. The normalized spacial score (nSPS) is 19.4. The van der Waals surface area contributed by atoms with Crippen LogP contribution in [0.3, 0.4) is 0 Å². The Morgan fingerprint density at radius 3 is 2.10 bits per heavy atom. The molecule has 1 aliphatic heterocycles. The van der Waals surface area contributed by atoms with Gasteiger partial charge in [-0.3, -0.25) is 4.79 Å². The van der Waals surface area contributed by atoms with Crippen molar-refractivity contribution in [3.63, 3.8) is 0 Å². The van der Waals surface area contributed by atoms with Crippen molar-refractivity contribution < 1.29 is 14.3 Å². The summed E-state index contributed by atoms with van der Waals surface area (Å²) in [7, 11) is 3.30. The number of hydrogen-bond donors (Lipinski definition) is 1. The Morgan fingerprint density at radius 1 is 1.20 bits per heavy atom. The number of carbonyl (C=O) groups is 1. The first-order valence-corrected chi connectivity index (χ1v) is 7.40. The van der Waals surface area contributed by atoms with Crippen molar-refractivity contribution in [3.8, 4) is 0 Å². The minimum Gasteiger partial charge on any atom is -0.354 e. The second-order valence-corrected chi connectivity index (χ2v) is 6.61. The molecule has 1 rings (SSSR count). The fraction of sp³-hybridized carbons (Fsp3) is 0.933. The van der Waals surface area contributed by atoms with E-state index >= 15 is 0 Å². The fourth-order valence-corrected chi connectivity index (χ4v) is 2.68. The maximum Gasteiger partial charge on any atom is 0.227 e. The highest BCUT2D eigenvalue weighted by atomic mass is 16.7. The molecular weight excluding hydrogens is 256 g/mol. The van der Waals surface area contributed by atoms with E-state index in [2.05, 4.69) is 12.2 Å². The van der Waals surface area contributed by atoms with E-state index < -0.39 is 0 Å². The van der Waals surface area contributed by atoms with Crippen molar-refractivity contribution in [2.45, 2.75) is 58.9 Å². The Bertz CT molecular complexity index is 303. The molecule has 1 fully saturated rings. The van der Waals surface area contributed by atoms with Crippen molar-refractivity contribution in [3.05, 3.63) is 0 Å². The maximum absolute atomic E-state index is 12.2. The molecule has 0 aliphatic carbocycles. The molecule has 5 heteroatoms. The summed E-state index contributed by atoms with van der Waals surface area (Å²) in [6.45, 7) is 9.64. The molecule has 1 unspecified atom stereocenters. The van der Waals surface area contributed by atoms with Gasteiger partial charge in [-0.05, 0) is 19.8 Å². The summed E-state index contributed by atoms with van der Waals surface area (Å²) in [6, 6.07) is 0.557. The van der Waals surface area contributed by atoms with Crippen LogP contribution in [0.15, 0.2) is 0 Å². The predicted molar refractivity (Wildman–Crippen MR) is 79.5 cm³/mol. The van der Waals surface area contributed by atoms with Crippen LogP contribution in [-0.2, 0) is 14.3 Å². The molecule has 1 heterocycles. The van der Waals surface area contributed by atoms with Crippen LogP contribution in [0.4, 0.5) is 0 Å². The number of methoxy groups -OCH3 is 2. The summed E-state index contributed by atoms with van der Waals surface area (Å²) in [5.74, 6) is 0.246. The van der Waals surface area contributed by atoms with E-state index in [1.165, 1.54) is 0 Å². The summed E-state index contributed by atoms with van der Waals surface area (Å²) < 4.78 is 10.5. The van der Waals surface area contributed by atoms with Gasteiger partial charge in [0.25, 0.3) is 0 Å². The molecule has 1 saturated heterocycles. The molecule has 0 aromatic rings. The number of ether oxygens (including phenoxy) is 2. The largest absolute Gasteiger partial charge is 0.354 e. The van der Waals surface area contributed by atoms with E-state index in [9.17, 15) is 4.79 Å². The minimum atomic E-state index is -0.287. The van der Waals surface area contributed by atoms with Crippen LogP contribution in [0.5, 0.6) is 0 Å². The SMILES string of the molecule is COC(OC)C(C)NC1CCN(C(=O)C(C)(C)C)CC1. The first-order valence-electron chi connectivity index (χ1n) is 7.40. The molecule has 1 aliphatic rings.